The summed E-state index contributed by atoms with van der Waals surface area (Å²) in [6.45, 7) is 7.97. The van der Waals surface area contributed by atoms with Gasteiger partial charge in [0.1, 0.15) is 15.9 Å². The van der Waals surface area contributed by atoms with Crippen molar-refractivity contribution in [2.45, 2.75) is 33.1 Å². The third-order valence-corrected chi connectivity index (χ3v) is 5.39. The first-order valence-corrected chi connectivity index (χ1v) is 9.70. The highest BCUT2D eigenvalue weighted by molar-refractivity contribution is 7.15. The van der Waals surface area contributed by atoms with Crippen molar-refractivity contribution < 1.29 is 9.53 Å². The fourth-order valence-corrected chi connectivity index (χ4v) is 3.45. The van der Waals surface area contributed by atoms with E-state index in [-0.39, 0.29) is 11.3 Å². The highest BCUT2D eigenvalue weighted by Gasteiger charge is 2.22. The molecule has 3 rings (SSSR count). The molecule has 28 heavy (non-hydrogen) atoms. The molecule has 0 atom stereocenters. The lowest BCUT2D eigenvalue weighted by Gasteiger charge is -2.13. The number of aromatic nitrogens is 4. The van der Waals surface area contributed by atoms with Crippen LogP contribution >= 0.6 is 22.9 Å². The lowest BCUT2D eigenvalue weighted by Crippen LogP contribution is -2.14. The molecule has 9 heteroatoms. The van der Waals surface area contributed by atoms with E-state index in [0.29, 0.717) is 32.7 Å². The van der Waals surface area contributed by atoms with Crippen LogP contribution in [0.25, 0.3) is 11.1 Å². The predicted molar refractivity (Wildman–Crippen MR) is 110 cm³/mol. The van der Waals surface area contributed by atoms with Crippen LogP contribution in [0.4, 0.5) is 5.13 Å². The van der Waals surface area contributed by atoms with E-state index >= 15 is 0 Å². The maximum absolute atomic E-state index is 13.0. The number of hydrogen-bond donors (Lipinski definition) is 1. The van der Waals surface area contributed by atoms with E-state index in [1.165, 1.54) is 30.8 Å². The van der Waals surface area contributed by atoms with Crippen molar-refractivity contribution in [3.63, 3.8) is 0 Å². The van der Waals surface area contributed by atoms with Crippen LogP contribution in [0.15, 0.2) is 24.5 Å². The van der Waals surface area contributed by atoms with E-state index in [2.05, 4.69) is 25.5 Å². The van der Waals surface area contributed by atoms with Crippen molar-refractivity contribution in [2.75, 3.05) is 12.4 Å². The summed E-state index contributed by atoms with van der Waals surface area (Å²) in [5.41, 5.74) is 2.29. The van der Waals surface area contributed by atoms with Crippen LogP contribution in [-0.2, 0) is 5.41 Å². The predicted octanol–water partition coefficient (Wildman–Crippen LogP) is 4.52. The summed E-state index contributed by atoms with van der Waals surface area (Å²) in [6, 6.07) is 3.47. The standard InChI is InChI=1S/C19H20ClN5O2S/c1-10-6-11(12-7-15(20)22-9-14(12)27-5)13(8-21-10)16(26)23-18-25-24-17(28-18)19(2,3)4/h6-9H,1-5H3,(H,23,25,26). The van der Waals surface area contributed by atoms with Gasteiger partial charge in [-0.2, -0.15) is 0 Å². The summed E-state index contributed by atoms with van der Waals surface area (Å²) >= 11 is 7.42. The molecule has 3 heterocycles. The Morgan fingerprint density at radius 2 is 1.89 bits per heavy atom. The minimum Gasteiger partial charge on any atom is -0.494 e. The Morgan fingerprint density at radius 3 is 2.54 bits per heavy atom. The molecular weight excluding hydrogens is 398 g/mol. The van der Waals surface area contributed by atoms with Gasteiger partial charge in [-0.15, -0.1) is 10.2 Å². The normalized spacial score (nSPS) is 11.4. The molecule has 3 aromatic heterocycles. The summed E-state index contributed by atoms with van der Waals surface area (Å²) in [5.74, 6) is 0.170. The van der Waals surface area contributed by atoms with Gasteiger partial charge in [-0.1, -0.05) is 43.7 Å². The fourth-order valence-electron chi connectivity index (χ4n) is 2.50. The Bertz CT molecular complexity index is 1030. The number of ether oxygens (including phenoxy) is 1. The second kappa shape index (κ2) is 7.81. The molecule has 0 aliphatic heterocycles. The summed E-state index contributed by atoms with van der Waals surface area (Å²) in [4.78, 5) is 21.3. The number of amides is 1. The molecule has 0 aliphatic rings. The van der Waals surface area contributed by atoms with Gasteiger partial charge < -0.3 is 4.74 Å². The molecule has 0 spiro atoms. The summed E-state index contributed by atoms with van der Waals surface area (Å²) in [5, 5.41) is 12.6. The van der Waals surface area contributed by atoms with Crippen LogP contribution in [0.3, 0.4) is 0 Å². The molecule has 1 N–H and O–H groups in total. The summed E-state index contributed by atoms with van der Waals surface area (Å²) < 4.78 is 5.39. The number of carbonyl (C=O) groups excluding carboxylic acids is 1. The molecule has 0 radical (unpaired) electrons. The van der Waals surface area contributed by atoms with E-state index in [0.717, 1.165) is 10.7 Å². The number of hydrogen-bond acceptors (Lipinski definition) is 7. The van der Waals surface area contributed by atoms with Gasteiger partial charge in [0.05, 0.1) is 18.9 Å². The SMILES string of the molecule is COc1cnc(Cl)cc1-c1cc(C)ncc1C(=O)Nc1nnc(C(C)(C)C)s1. The van der Waals surface area contributed by atoms with E-state index in [4.69, 9.17) is 16.3 Å². The second-order valence-corrected chi connectivity index (χ2v) is 8.56. The van der Waals surface area contributed by atoms with E-state index in [1.54, 1.807) is 6.07 Å². The molecule has 7 nitrogen and oxygen atoms in total. The van der Waals surface area contributed by atoms with Crippen LogP contribution in [-0.4, -0.2) is 33.2 Å². The third-order valence-electron chi connectivity index (χ3n) is 3.92. The van der Waals surface area contributed by atoms with Gasteiger partial charge in [0, 0.05) is 28.4 Å². The van der Waals surface area contributed by atoms with E-state index in [1.807, 2.05) is 33.8 Å². The van der Waals surface area contributed by atoms with Crippen molar-refractivity contribution in [3.05, 3.63) is 45.9 Å². The molecule has 0 saturated carbocycles. The van der Waals surface area contributed by atoms with Crippen LogP contribution in [0.2, 0.25) is 5.15 Å². The van der Waals surface area contributed by atoms with Gasteiger partial charge >= 0.3 is 0 Å². The molecule has 146 valence electrons. The van der Waals surface area contributed by atoms with Crippen molar-refractivity contribution in [3.8, 4) is 16.9 Å². The van der Waals surface area contributed by atoms with Gasteiger partial charge in [-0.25, -0.2) is 4.98 Å². The fraction of sp³-hybridized carbons (Fsp3) is 0.316. The number of aryl methyl sites for hydroxylation is 1. The number of nitrogens with zero attached hydrogens (tertiary/aromatic N) is 4. The average Bonchev–Trinajstić information content (AvgIpc) is 3.10. The molecule has 0 saturated heterocycles. The lowest BCUT2D eigenvalue weighted by atomic mass is 9.98. The molecule has 0 aromatic carbocycles. The van der Waals surface area contributed by atoms with Gasteiger partial charge in [0.15, 0.2) is 0 Å². The molecular formula is C19H20ClN5O2S. The third kappa shape index (κ3) is 4.28. The van der Waals surface area contributed by atoms with Gasteiger partial charge in [0.2, 0.25) is 5.13 Å². The number of pyridine rings is 2. The van der Waals surface area contributed by atoms with Crippen molar-refractivity contribution >= 4 is 34.0 Å². The first-order valence-electron chi connectivity index (χ1n) is 8.51. The maximum Gasteiger partial charge on any atom is 0.259 e. The maximum atomic E-state index is 13.0. The zero-order valence-corrected chi connectivity index (χ0v) is 17.8. The summed E-state index contributed by atoms with van der Waals surface area (Å²) in [6.07, 6.45) is 3.05. The van der Waals surface area contributed by atoms with Gasteiger partial charge in [-0.05, 0) is 19.1 Å². The molecule has 0 unspecified atom stereocenters. The van der Waals surface area contributed by atoms with Crippen molar-refractivity contribution in [1.82, 2.24) is 20.2 Å². The quantitative estimate of drug-likeness (QED) is 0.628. The molecule has 0 fully saturated rings. The second-order valence-electron chi connectivity index (χ2n) is 7.20. The van der Waals surface area contributed by atoms with Crippen LogP contribution in [0, 0.1) is 6.92 Å². The monoisotopic (exact) mass is 417 g/mol. The first-order chi connectivity index (χ1) is 13.2. The molecule has 1 amide bonds. The number of anilines is 1. The zero-order valence-electron chi connectivity index (χ0n) is 16.2. The Balaban J connectivity index is 2.00. The zero-order chi connectivity index (χ0) is 20.5. The highest BCUT2D eigenvalue weighted by Crippen LogP contribution is 2.34. The number of carbonyl (C=O) groups is 1. The molecule has 0 aliphatic carbocycles. The topological polar surface area (TPSA) is 89.9 Å². The Morgan fingerprint density at radius 1 is 1.14 bits per heavy atom. The Kier molecular flexibility index (Phi) is 5.62. The first kappa shape index (κ1) is 20.2. The number of halogens is 1. The number of methoxy groups -OCH3 is 1. The minimum absolute atomic E-state index is 0.141. The largest absolute Gasteiger partial charge is 0.494 e. The minimum atomic E-state index is -0.339. The summed E-state index contributed by atoms with van der Waals surface area (Å²) in [7, 11) is 1.54. The highest BCUT2D eigenvalue weighted by atomic mass is 35.5. The van der Waals surface area contributed by atoms with Crippen LogP contribution in [0.1, 0.15) is 41.8 Å². The number of rotatable bonds is 4. The van der Waals surface area contributed by atoms with E-state index in [9.17, 15) is 4.79 Å². The van der Waals surface area contributed by atoms with Gasteiger partial charge in [0.25, 0.3) is 5.91 Å². The van der Waals surface area contributed by atoms with Gasteiger partial charge in [-0.3, -0.25) is 15.1 Å². The van der Waals surface area contributed by atoms with E-state index < -0.39 is 0 Å². The smallest absolute Gasteiger partial charge is 0.259 e. The van der Waals surface area contributed by atoms with Crippen molar-refractivity contribution in [2.24, 2.45) is 0 Å². The lowest BCUT2D eigenvalue weighted by molar-refractivity contribution is 0.102. The van der Waals surface area contributed by atoms with Crippen LogP contribution < -0.4 is 10.1 Å². The Labute approximate surface area is 172 Å². The average molecular weight is 418 g/mol. The van der Waals surface area contributed by atoms with Crippen molar-refractivity contribution in [1.29, 1.82) is 0 Å². The number of nitrogens with one attached hydrogen (secondary N) is 1. The van der Waals surface area contributed by atoms with Crippen LogP contribution in [0.5, 0.6) is 5.75 Å². The Hall–Kier alpha value is -2.58. The molecule has 0 bridgehead atoms. The molecule has 3 aromatic rings.